The number of nitrogens with two attached hydrogens (primary N) is 1. The van der Waals surface area contributed by atoms with Crippen molar-refractivity contribution in [3.63, 3.8) is 0 Å². The van der Waals surface area contributed by atoms with Gasteiger partial charge in [-0.1, -0.05) is 12.1 Å². The van der Waals surface area contributed by atoms with E-state index in [1.54, 1.807) is 18.2 Å². The summed E-state index contributed by atoms with van der Waals surface area (Å²) in [5.74, 6) is 0. The van der Waals surface area contributed by atoms with Crippen LogP contribution < -0.4 is 10.6 Å². The molecule has 0 spiro atoms. The first kappa shape index (κ1) is 11.5. The number of nitro benzene ring substituents is 1. The molecular formula is C10H15N3O2. The van der Waals surface area contributed by atoms with Crippen LogP contribution in [0.2, 0.25) is 0 Å². The topological polar surface area (TPSA) is 72.4 Å². The Morgan fingerprint density at radius 3 is 2.67 bits per heavy atom. The Hall–Kier alpha value is -1.62. The van der Waals surface area contributed by atoms with Crippen molar-refractivity contribution in [3.05, 3.63) is 34.4 Å². The van der Waals surface area contributed by atoms with Crippen LogP contribution in [0, 0.1) is 10.1 Å². The summed E-state index contributed by atoms with van der Waals surface area (Å²) in [6.07, 6.45) is 0. The van der Waals surface area contributed by atoms with E-state index in [0.717, 1.165) is 0 Å². The molecule has 0 heterocycles. The third-order valence-corrected chi connectivity index (χ3v) is 2.20. The normalized spacial score (nSPS) is 10.0. The first-order valence-corrected chi connectivity index (χ1v) is 4.89. The van der Waals surface area contributed by atoms with Crippen molar-refractivity contribution < 1.29 is 4.92 Å². The van der Waals surface area contributed by atoms with E-state index >= 15 is 0 Å². The highest BCUT2D eigenvalue weighted by molar-refractivity contribution is 5.62. The van der Waals surface area contributed by atoms with Gasteiger partial charge in [0.05, 0.1) is 4.92 Å². The Kier molecular flexibility index (Phi) is 4.05. The molecule has 0 atom stereocenters. The lowest BCUT2D eigenvalue weighted by Crippen LogP contribution is -2.29. The third kappa shape index (κ3) is 2.66. The fourth-order valence-corrected chi connectivity index (χ4v) is 1.49. The minimum absolute atomic E-state index is 0.132. The van der Waals surface area contributed by atoms with Crippen molar-refractivity contribution in [1.29, 1.82) is 0 Å². The standard InChI is InChI=1S/C10H15N3O2/c1-2-12(8-7-11)9-5-3-4-6-10(9)13(14)15/h3-6H,2,7-8,11H2,1H3. The molecule has 0 saturated heterocycles. The van der Waals surface area contributed by atoms with Gasteiger partial charge in [0.2, 0.25) is 0 Å². The molecule has 5 heteroatoms. The van der Waals surface area contributed by atoms with E-state index in [1.807, 2.05) is 11.8 Å². The number of nitrogens with zero attached hydrogens (tertiary/aromatic N) is 2. The van der Waals surface area contributed by atoms with Crippen LogP contribution in [0.1, 0.15) is 6.92 Å². The van der Waals surface area contributed by atoms with E-state index in [1.165, 1.54) is 6.07 Å². The zero-order valence-corrected chi connectivity index (χ0v) is 8.72. The van der Waals surface area contributed by atoms with Crippen LogP contribution in [-0.2, 0) is 0 Å². The maximum absolute atomic E-state index is 10.8. The molecule has 5 nitrogen and oxygen atoms in total. The van der Waals surface area contributed by atoms with Gasteiger partial charge in [0.1, 0.15) is 5.69 Å². The summed E-state index contributed by atoms with van der Waals surface area (Å²) >= 11 is 0. The van der Waals surface area contributed by atoms with Crippen molar-refractivity contribution in [2.45, 2.75) is 6.92 Å². The summed E-state index contributed by atoms with van der Waals surface area (Å²) in [5, 5.41) is 10.8. The number of nitro groups is 1. The lowest BCUT2D eigenvalue weighted by molar-refractivity contribution is -0.384. The molecule has 0 amide bonds. The third-order valence-electron chi connectivity index (χ3n) is 2.20. The SMILES string of the molecule is CCN(CCN)c1ccccc1[N+](=O)[O-]. The maximum Gasteiger partial charge on any atom is 0.292 e. The number of rotatable bonds is 5. The molecule has 0 aliphatic carbocycles. The van der Waals surface area contributed by atoms with Gasteiger partial charge >= 0.3 is 0 Å². The van der Waals surface area contributed by atoms with E-state index in [9.17, 15) is 10.1 Å². The van der Waals surface area contributed by atoms with Gasteiger partial charge in [-0.25, -0.2) is 0 Å². The largest absolute Gasteiger partial charge is 0.365 e. The van der Waals surface area contributed by atoms with Crippen LogP contribution in [0.3, 0.4) is 0 Å². The van der Waals surface area contributed by atoms with Crippen molar-refractivity contribution in [1.82, 2.24) is 0 Å². The average molecular weight is 209 g/mol. The van der Waals surface area contributed by atoms with Crippen LogP contribution in [0.4, 0.5) is 11.4 Å². The number of para-hydroxylation sites is 2. The molecular weight excluding hydrogens is 194 g/mol. The first-order valence-electron chi connectivity index (χ1n) is 4.89. The number of hydrogen-bond acceptors (Lipinski definition) is 4. The summed E-state index contributed by atoms with van der Waals surface area (Å²) < 4.78 is 0. The van der Waals surface area contributed by atoms with Gasteiger partial charge in [-0.05, 0) is 13.0 Å². The van der Waals surface area contributed by atoms with Gasteiger partial charge in [0, 0.05) is 25.7 Å². The Balaban J connectivity index is 3.04. The molecule has 0 aliphatic rings. The van der Waals surface area contributed by atoms with Gasteiger partial charge < -0.3 is 10.6 Å². The monoisotopic (exact) mass is 209 g/mol. The zero-order chi connectivity index (χ0) is 11.3. The van der Waals surface area contributed by atoms with Crippen molar-refractivity contribution in [3.8, 4) is 0 Å². The van der Waals surface area contributed by atoms with Crippen LogP contribution in [0.15, 0.2) is 24.3 Å². The van der Waals surface area contributed by atoms with E-state index in [0.29, 0.717) is 25.3 Å². The molecule has 15 heavy (non-hydrogen) atoms. The molecule has 0 unspecified atom stereocenters. The van der Waals surface area contributed by atoms with E-state index in [-0.39, 0.29) is 10.6 Å². The second-order valence-corrected chi connectivity index (χ2v) is 3.11. The predicted octanol–water partition coefficient (Wildman–Crippen LogP) is 1.38. The van der Waals surface area contributed by atoms with Crippen LogP contribution in [-0.4, -0.2) is 24.6 Å². The molecule has 2 N–H and O–H groups in total. The lowest BCUT2D eigenvalue weighted by atomic mass is 10.2. The molecule has 1 aromatic carbocycles. The molecule has 0 bridgehead atoms. The minimum atomic E-state index is -0.367. The van der Waals surface area contributed by atoms with Crippen molar-refractivity contribution in [2.24, 2.45) is 5.73 Å². The molecule has 1 aromatic rings. The molecule has 0 radical (unpaired) electrons. The Labute approximate surface area is 88.6 Å². The zero-order valence-electron chi connectivity index (χ0n) is 8.72. The summed E-state index contributed by atoms with van der Waals surface area (Å²) in [6.45, 7) is 3.77. The van der Waals surface area contributed by atoms with Crippen LogP contribution in [0.25, 0.3) is 0 Å². The molecule has 1 rings (SSSR count). The first-order chi connectivity index (χ1) is 7.20. The molecule has 0 aliphatic heterocycles. The minimum Gasteiger partial charge on any atom is -0.365 e. The lowest BCUT2D eigenvalue weighted by Gasteiger charge is -2.21. The Bertz CT molecular complexity index is 341. The highest BCUT2D eigenvalue weighted by Gasteiger charge is 2.16. The summed E-state index contributed by atoms with van der Waals surface area (Å²) in [7, 11) is 0. The van der Waals surface area contributed by atoms with Gasteiger partial charge in [0.15, 0.2) is 0 Å². The quantitative estimate of drug-likeness (QED) is 0.587. The molecule has 0 saturated carbocycles. The Morgan fingerprint density at radius 2 is 2.13 bits per heavy atom. The highest BCUT2D eigenvalue weighted by atomic mass is 16.6. The van der Waals surface area contributed by atoms with E-state index in [4.69, 9.17) is 5.73 Å². The Morgan fingerprint density at radius 1 is 1.47 bits per heavy atom. The van der Waals surface area contributed by atoms with E-state index < -0.39 is 0 Å². The maximum atomic E-state index is 10.8. The van der Waals surface area contributed by atoms with Gasteiger partial charge in [-0.15, -0.1) is 0 Å². The second kappa shape index (κ2) is 5.31. The predicted molar refractivity (Wildman–Crippen MR) is 60.0 cm³/mol. The molecule has 0 fully saturated rings. The van der Waals surface area contributed by atoms with Gasteiger partial charge in [-0.2, -0.15) is 0 Å². The highest BCUT2D eigenvalue weighted by Crippen LogP contribution is 2.26. The van der Waals surface area contributed by atoms with Gasteiger partial charge in [-0.3, -0.25) is 10.1 Å². The summed E-state index contributed by atoms with van der Waals surface area (Å²) in [5.41, 5.74) is 6.22. The summed E-state index contributed by atoms with van der Waals surface area (Å²) in [6, 6.07) is 6.71. The number of likely N-dealkylation sites (N-methyl/N-ethyl adjacent to an activating group) is 1. The summed E-state index contributed by atoms with van der Waals surface area (Å²) in [4.78, 5) is 12.3. The van der Waals surface area contributed by atoms with Crippen molar-refractivity contribution in [2.75, 3.05) is 24.5 Å². The second-order valence-electron chi connectivity index (χ2n) is 3.11. The van der Waals surface area contributed by atoms with Gasteiger partial charge in [0.25, 0.3) is 5.69 Å². The number of anilines is 1. The van der Waals surface area contributed by atoms with Crippen molar-refractivity contribution >= 4 is 11.4 Å². The molecule has 82 valence electrons. The molecule has 0 aromatic heterocycles. The van der Waals surface area contributed by atoms with Crippen LogP contribution in [0.5, 0.6) is 0 Å². The van der Waals surface area contributed by atoms with Crippen LogP contribution >= 0.6 is 0 Å². The fraction of sp³-hybridized carbons (Fsp3) is 0.400. The van der Waals surface area contributed by atoms with E-state index in [2.05, 4.69) is 0 Å². The fourth-order valence-electron chi connectivity index (χ4n) is 1.49. The smallest absolute Gasteiger partial charge is 0.292 e. The number of benzene rings is 1. The average Bonchev–Trinajstić information content (AvgIpc) is 2.26. The number of hydrogen-bond donors (Lipinski definition) is 1.